The Labute approximate surface area is 230 Å². The Bertz CT molecular complexity index is 1510. The van der Waals surface area contributed by atoms with Crippen LogP contribution in [0.1, 0.15) is 16.1 Å². The maximum Gasteiger partial charge on any atom is 0.272 e. The number of hydrogen-bond donors (Lipinski definition) is 1. The van der Waals surface area contributed by atoms with E-state index in [1.807, 2.05) is 11.9 Å². The summed E-state index contributed by atoms with van der Waals surface area (Å²) in [5.74, 6) is -1.06. The molecule has 3 aromatic heterocycles. The highest BCUT2D eigenvalue weighted by molar-refractivity contribution is 5.93. The number of pyridine rings is 1. The van der Waals surface area contributed by atoms with Gasteiger partial charge in [0.15, 0.2) is 0 Å². The van der Waals surface area contributed by atoms with Crippen LogP contribution in [0, 0.1) is 11.6 Å². The van der Waals surface area contributed by atoms with Crippen molar-refractivity contribution in [3.63, 3.8) is 0 Å². The second-order valence-corrected chi connectivity index (χ2v) is 10.1. The van der Waals surface area contributed by atoms with E-state index in [1.54, 1.807) is 46.3 Å². The molecule has 5 heterocycles. The monoisotopic (exact) mass is 548 g/mol. The molecule has 0 radical (unpaired) electrons. The molecule has 2 aliphatic rings. The molecular formula is C28H30F2N8O2. The molecule has 12 heteroatoms. The largest absolute Gasteiger partial charge is 0.379 e. The third kappa shape index (κ3) is 5.51. The van der Waals surface area contributed by atoms with Crippen LogP contribution in [-0.2, 0) is 11.3 Å². The van der Waals surface area contributed by atoms with Gasteiger partial charge in [0.1, 0.15) is 23.0 Å². The average molecular weight is 549 g/mol. The predicted octanol–water partition coefficient (Wildman–Crippen LogP) is 3.06. The lowest BCUT2D eigenvalue weighted by Gasteiger charge is -2.32. The smallest absolute Gasteiger partial charge is 0.272 e. The molecule has 6 rings (SSSR count). The lowest BCUT2D eigenvalue weighted by atomic mass is 10.1. The summed E-state index contributed by atoms with van der Waals surface area (Å²) in [4.78, 5) is 32.2. The number of hydrogen-bond acceptors (Lipinski definition) is 8. The molecule has 4 aromatic rings. The number of carbonyl (C=O) groups excluding carboxylic acids is 1. The van der Waals surface area contributed by atoms with Gasteiger partial charge in [-0.2, -0.15) is 4.98 Å². The third-order valence-corrected chi connectivity index (χ3v) is 7.34. The molecule has 0 unspecified atom stereocenters. The Morgan fingerprint density at radius 1 is 1.00 bits per heavy atom. The Hall–Kier alpha value is -4.00. The van der Waals surface area contributed by atoms with Gasteiger partial charge in [-0.3, -0.25) is 14.7 Å². The van der Waals surface area contributed by atoms with E-state index in [0.717, 1.165) is 13.1 Å². The summed E-state index contributed by atoms with van der Waals surface area (Å²) in [5.41, 5.74) is 1.79. The van der Waals surface area contributed by atoms with E-state index in [-0.39, 0.29) is 24.0 Å². The molecule has 10 nitrogen and oxygen atoms in total. The number of ether oxygens (including phenoxy) is 1. The Balaban J connectivity index is 1.23. The summed E-state index contributed by atoms with van der Waals surface area (Å²) < 4.78 is 37.1. The SMILES string of the molecule is CN1CCN(C(=O)c2cc(Nc3ncc4ccn(-c5cc(F)c(CN6CCOCC6)c(F)c5)c4n3)ccn2)CC1. The number of halogens is 2. The van der Waals surface area contributed by atoms with Crippen molar-refractivity contribution in [1.29, 1.82) is 0 Å². The van der Waals surface area contributed by atoms with Gasteiger partial charge in [0.05, 0.1) is 18.9 Å². The average Bonchev–Trinajstić information content (AvgIpc) is 3.39. The third-order valence-electron chi connectivity index (χ3n) is 7.34. The van der Waals surface area contributed by atoms with Crippen molar-refractivity contribution >= 4 is 28.6 Å². The van der Waals surface area contributed by atoms with Crippen molar-refractivity contribution in [2.24, 2.45) is 0 Å². The Morgan fingerprint density at radius 3 is 2.50 bits per heavy atom. The number of nitrogens with zero attached hydrogens (tertiary/aromatic N) is 7. The zero-order valence-electron chi connectivity index (χ0n) is 22.2. The van der Waals surface area contributed by atoms with Gasteiger partial charge in [-0.05, 0) is 37.4 Å². The summed E-state index contributed by atoms with van der Waals surface area (Å²) in [6.07, 6.45) is 4.91. The maximum atomic E-state index is 15.1. The Morgan fingerprint density at radius 2 is 1.75 bits per heavy atom. The quantitative estimate of drug-likeness (QED) is 0.393. The first-order chi connectivity index (χ1) is 19.4. The van der Waals surface area contributed by atoms with Crippen LogP contribution in [0.2, 0.25) is 0 Å². The molecule has 2 saturated heterocycles. The minimum Gasteiger partial charge on any atom is -0.379 e. The number of fused-ring (bicyclic) bond motifs is 1. The maximum absolute atomic E-state index is 15.1. The number of likely N-dealkylation sites (N-methyl/N-ethyl adjacent to an activating group) is 1. The number of anilines is 2. The topological polar surface area (TPSA) is 91.7 Å². The lowest BCUT2D eigenvalue weighted by molar-refractivity contribution is 0.0332. The van der Waals surface area contributed by atoms with Crippen molar-refractivity contribution in [2.45, 2.75) is 6.54 Å². The number of piperazine rings is 1. The number of nitrogens with one attached hydrogen (secondary N) is 1. The number of morpholine rings is 1. The zero-order valence-corrected chi connectivity index (χ0v) is 22.2. The first-order valence-electron chi connectivity index (χ1n) is 13.3. The highest BCUT2D eigenvalue weighted by atomic mass is 19.1. The predicted molar refractivity (Wildman–Crippen MR) is 146 cm³/mol. The fourth-order valence-electron chi connectivity index (χ4n) is 4.98. The summed E-state index contributed by atoms with van der Waals surface area (Å²) in [6, 6.07) is 7.84. The molecule has 2 aliphatic heterocycles. The summed E-state index contributed by atoms with van der Waals surface area (Å²) in [7, 11) is 2.03. The highest BCUT2D eigenvalue weighted by Gasteiger charge is 2.22. The standard InChI is InChI=1S/C28H30F2N8O2/c1-35-6-8-37(9-7-35)27(39)25-14-20(2-4-31-25)33-28-32-17-19-3-5-38(26(19)34-28)21-15-23(29)22(24(30)16-21)18-36-10-12-40-13-11-36/h2-5,14-17H,6-13,18H2,1H3,(H,31,32,33,34). The fourth-order valence-corrected chi connectivity index (χ4v) is 4.98. The van der Waals surface area contributed by atoms with E-state index in [2.05, 4.69) is 25.2 Å². The first-order valence-corrected chi connectivity index (χ1v) is 13.3. The Kier molecular flexibility index (Phi) is 7.37. The van der Waals surface area contributed by atoms with Gasteiger partial charge < -0.3 is 24.4 Å². The second-order valence-electron chi connectivity index (χ2n) is 10.1. The van der Waals surface area contributed by atoms with Crippen molar-refractivity contribution in [3.05, 3.63) is 71.8 Å². The number of aromatic nitrogens is 4. The fraction of sp³-hybridized carbons (Fsp3) is 0.357. The molecule has 1 N–H and O–H groups in total. The number of benzene rings is 1. The molecule has 1 amide bonds. The molecule has 40 heavy (non-hydrogen) atoms. The molecule has 2 fully saturated rings. The van der Waals surface area contributed by atoms with Crippen molar-refractivity contribution in [2.75, 3.05) is 64.8 Å². The van der Waals surface area contributed by atoms with E-state index in [4.69, 9.17) is 4.74 Å². The summed E-state index contributed by atoms with van der Waals surface area (Å²) in [5, 5.41) is 3.84. The van der Waals surface area contributed by atoms with Gasteiger partial charge in [0.25, 0.3) is 5.91 Å². The van der Waals surface area contributed by atoms with E-state index in [0.29, 0.717) is 67.5 Å². The van der Waals surface area contributed by atoms with Crippen LogP contribution in [-0.4, -0.2) is 99.7 Å². The number of rotatable bonds is 6. The van der Waals surface area contributed by atoms with Crippen LogP contribution < -0.4 is 5.32 Å². The molecule has 0 saturated carbocycles. The lowest BCUT2D eigenvalue weighted by Crippen LogP contribution is -2.47. The van der Waals surface area contributed by atoms with Gasteiger partial charge in [0, 0.05) is 81.0 Å². The first kappa shape index (κ1) is 26.2. The number of carbonyl (C=O) groups is 1. The second kappa shape index (κ2) is 11.2. The zero-order chi connectivity index (χ0) is 27.6. The summed E-state index contributed by atoms with van der Waals surface area (Å²) in [6.45, 7) is 5.53. The minimum absolute atomic E-state index is 0.0405. The number of amides is 1. The van der Waals surface area contributed by atoms with Gasteiger partial charge in [0.2, 0.25) is 5.95 Å². The van der Waals surface area contributed by atoms with Crippen LogP contribution in [0.4, 0.5) is 20.4 Å². The molecule has 0 atom stereocenters. The van der Waals surface area contributed by atoms with Crippen molar-refractivity contribution < 1.29 is 18.3 Å². The normalized spacial score (nSPS) is 16.9. The van der Waals surface area contributed by atoms with Gasteiger partial charge in [-0.25, -0.2) is 13.8 Å². The highest BCUT2D eigenvalue weighted by Crippen LogP contribution is 2.25. The van der Waals surface area contributed by atoms with Crippen LogP contribution in [0.15, 0.2) is 48.9 Å². The van der Waals surface area contributed by atoms with Crippen LogP contribution >= 0.6 is 0 Å². The summed E-state index contributed by atoms with van der Waals surface area (Å²) >= 11 is 0. The van der Waals surface area contributed by atoms with Gasteiger partial charge in [-0.15, -0.1) is 0 Å². The molecule has 0 spiro atoms. The molecule has 0 aliphatic carbocycles. The van der Waals surface area contributed by atoms with E-state index in [9.17, 15) is 4.79 Å². The molecule has 0 bridgehead atoms. The molecule has 1 aromatic carbocycles. The minimum atomic E-state index is -0.606. The van der Waals surface area contributed by atoms with Gasteiger partial charge >= 0.3 is 0 Å². The van der Waals surface area contributed by atoms with Gasteiger partial charge in [-0.1, -0.05) is 0 Å². The van der Waals surface area contributed by atoms with Crippen molar-refractivity contribution in [1.82, 2.24) is 34.2 Å². The molecule has 208 valence electrons. The van der Waals surface area contributed by atoms with Crippen LogP contribution in [0.5, 0.6) is 0 Å². The van der Waals surface area contributed by atoms with E-state index >= 15 is 8.78 Å². The van der Waals surface area contributed by atoms with Crippen molar-refractivity contribution in [3.8, 4) is 5.69 Å². The van der Waals surface area contributed by atoms with E-state index in [1.165, 1.54) is 12.1 Å². The van der Waals surface area contributed by atoms with E-state index < -0.39 is 11.6 Å². The van der Waals surface area contributed by atoms with Crippen LogP contribution in [0.25, 0.3) is 16.7 Å². The molecular weight excluding hydrogens is 518 g/mol. The van der Waals surface area contributed by atoms with Crippen LogP contribution in [0.3, 0.4) is 0 Å².